The molecule has 0 aliphatic carbocycles. The number of H-pyrrole nitrogens is 1. The van der Waals surface area contributed by atoms with E-state index in [2.05, 4.69) is 24.8 Å². The Hall–Kier alpha value is -3.32. The molecule has 3 aromatic rings. The zero-order valence-corrected chi connectivity index (χ0v) is 20.3. The average molecular weight is 502 g/mol. The molecule has 2 N–H and O–H groups in total. The molecule has 1 aromatic heterocycles. The number of amides is 1. The van der Waals surface area contributed by atoms with Gasteiger partial charge in [-0.2, -0.15) is 18.3 Å². The van der Waals surface area contributed by atoms with Gasteiger partial charge in [-0.25, -0.2) is 0 Å². The zero-order chi connectivity index (χ0) is 25.0. The third kappa shape index (κ3) is 6.03. The molecule has 1 unspecified atom stereocenters. The van der Waals surface area contributed by atoms with Gasteiger partial charge in [-0.3, -0.25) is 9.89 Å². The van der Waals surface area contributed by atoms with Crippen molar-refractivity contribution in [3.63, 3.8) is 0 Å². The van der Waals surface area contributed by atoms with E-state index in [9.17, 15) is 18.0 Å². The minimum absolute atomic E-state index is 0.0802. The van der Waals surface area contributed by atoms with Gasteiger partial charge < -0.3 is 15.0 Å². The van der Waals surface area contributed by atoms with E-state index < -0.39 is 17.6 Å². The Bertz CT molecular complexity index is 1230. The molecule has 35 heavy (non-hydrogen) atoms. The van der Waals surface area contributed by atoms with Gasteiger partial charge in [-0.1, -0.05) is 12.1 Å². The van der Waals surface area contributed by atoms with Crippen molar-refractivity contribution in [3.8, 4) is 5.75 Å². The van der Waals surface area contributed by atoms with Crippen LogP contribution in [-0.4, -0.2) is 29.2 Å². The minimum Gasteiger partial charge on any atom is -0.487 e. The Morgan fingerprint density at radius 2 is 1.97 bits per heavy atom. The molecule has 0 saturated carbocycles. The van der Waals surface area contributed by atoms with Crippen LogP contribution in [0.5, 0.6) is 5.75 Å². The summed E-state index contributed by atoms with van der Waals surface area (Å²) in [7, 11) is 2.54. The lowest BCUT2D eigenvalue weighted by Crippen LogP contribution is -2.22. The number of aromatic nitrogens is 2. The molecule has 1 saturated heterocycles. The van der Waals surface area contributed by atoms with Gasteiger partial charge in [-0.05, 0) is 62.2 Å². The molecule has 1 amide bonds. The standard InChI is InChI=1S/C25H26F3N4O2P/c1-2-5-18-13-19(31-30-18)15-34-22-12-16(6-9-23(22)35)24(33)29-17-7-8-21(32-10-3-4-11-32)20(14-17)25(26,27)28/h2,5-9,12-14H,3-4,10-11,15,35H2,1H3,(H,29,33)(H,30,31). The molecular weight excluding hydrogens is 476 g/mol. The number of anilines is 2. The van der Waals surface area contributed by atoms with E-state index >= 15 is 0 Å². The maximum Gasteiger partial charge on any atom is 0.418 e. The van der Waals surface area contributed by atoms with Crippen LogP contribution in [0.15, 0.2) is 48.5 Å². The lowest BCUT2D eigenvalue weighted by atomic mass is 10.1. The highest BCUT2D eigenvalue weighted by Crippen LogP contribution is 2.39. The second-order valence-electron chi connectivity index (χ2n) is 8.24. The first-order chi connectivity index (χ1) is 16.7. The fourth-order valence-corrected chi connectivity index (χ4v) is 4.21. The van der Waals surface area contributed by atoms with Gasteiger partial charge in [0.25, 0.3) is 5.91 Å². The lowest BCUT2D eigenvalue weighted by Gasteiger charge is -2.23. The van der Waals surface area contributed by atoms with Crippen molar-refractivity contribution in [1.29, 1.82) is 0 Å². The largest absolute Gasteiger partial charge is 0.487 e. The van der Waals surface area contributed by atoms with Crippen LogP contribution in [0, 0.1) is 0 Å². The molecule has 1 aliphatic rings. The molecule has 0 spiro atoms. The number of hydrogen-bond acceptors (Lipinski definition) is 4. The Labute approximate surface area is 203 Å². The minimum atomic E-state index is -4.53. The summed E-state index contributed by atoms with van der Waals surface area (Å²) in [5.74, 6) is -0.0657. The number of halogens is 3. The Morgan fingerprint density at radius 3 is 2.69 bits per heavy atom. The summed E-state index contributed by atoms with van der Waals surface area (Å²) >= 11 is 0. The summed E-state index contributed by atoms with van der Waals surface area (Å²) in [6, 6.07) is 10.6. The summed E-state index contributed by atoms with van der Waals surface area (Å²) in [6.45, 7) is 3.29. The van der Waals surface area contributed by atoms with Crippen LogP contribution >= 0.6 is 9.24 Å². The molecule has 0 radical (unpaired) electrons. The van der Waals surface area contributed by atoms with Crippen LogP contribution in [0.1, 0.15) is 47.1 Å². The van der Waals surface area contributed by atoms with Gasteiger partial charge >= 0.3 is 6.18 Å². The number of carbonyl (C=O) groups is 1. The second-order valence-corrected chi connectivity index (χ2v) is 8.86. The van der Waals surface area contributed by atoms with E-state index in [1.807, 2.05) is 25.1 Å². The summed E-state index contributed by atoms with van der Waals surface area (Å²) < 4.78 is 47.1. The van der Waals surface area contributed by atoms with Crippen LogP contribution < -0.4 is 20.3 Å². The molecule has 1 aliphatic heterocycles. The predicted molar refractivity (Wildman–Crippen MR) is 134 cm³/mol. The molecule has 0 bridgehead atoms. The molecule has 184 valence electrons. The lowest BCUT2D eigenvalue weighted by molar-refractivity contribution is -0.137. The van der Waals surface area contributed by atoms with Crippen molar-refractivity contribution in [2.45, 2.75) is 32.5 Å². The van der Waals surface area contributed by atoms with Crippen molar-refractivity contribution in [2.24, 2.45) is 0 Å². The first-order valence-electron chi connectivity index (χ1n) is 11.2. The maximum atomic E-state index is 13.7. The van der Waals surface area contributed by atoms with Gasteiger partial charge in [0.05, 0.1) is 17.0 Å². The molecule has 4 rings (SSSR count). The molecule has 2 heterocycles. The number of hydrogen-bond donors (Lipinski definition) is 2. The number of nitrogens with one attached hydrogen (secondary N) is 2. The molecule has 1 atom stereocenters. The van der Waals surface area contributed by atoms with Crippen molar-refractivity contribution >= 4 is 37.9 Å². The van der Waals surface area contributed by atoms with E-state index in [1.54, 1.807) is 23.1 Å². The highest BCUT2D eigenvalue weighted by Gasteiger charge is 2.36. The fourth-order valence-electron chi connectivity index (χ4n) is 3.94. The smallest absolute Gasteiger partial charge is 0.418 e. The van der Waals surface area contributed by atoms with Crippen LogP contribution in [0.2, 0.25) is 0 Å². The third-order valence-electron chi connectivity index (χ3n) is 5.65. The quantitative estimate of drug-likeness (QED) is 0.425. The fraction of sp³-hybridized carbons (Fsp3) is 0.280. The highest BCUT2D eigenvalue weighted by atomic mass is 31.0. The first kappa shape index (κ1) is 24.8. The number of nitrogens with zero attached hydrogens (tertiary/aromatic N) is 2. The SMILES string of the molecule is CC=Cc1cc(COc2cc(C(=O)Nc3ccc(N4CCCC4)c(C(F)(F)F)c3)ccc2P)[nH]n1. The van der Waals surface area contributed by atoms with Gasteiger partial charge in [0.2, 0.25) is 0 Å². The number of benzene rings is 2. The number of alkyl halides is 3. The maximum absolute atomic E-state index is 13.7. The van der Waals surface area contributed by atoms with Crippen LogP contribution in [-0.2, 0) is 12.8 Å². The van der Waals surface area contributed by atoms with Crippen LogP contribution in [0.25, 0.3) is 6.08 Å². The van der Waals surface area contributed by atoms with E-state index in [-0.39, 0.29) is 23.5 Å². The van der Waals surface area contributed by atoms with E-state index in [1.165, 1.54) is 12.1 Å². The molecular formula is C25H26F3N4O2P. The van der Waals surface area contributed by atoms with Gasteiger partial charge in [0.15, 0.2) is 0 Å². The van der Waals surface area contributed by atoms with Gasteiger partial charge in [0.1, 0.15) is 12.4 Å². The van der Waals surface area contributed by atoms with Gasteiger partial charge in [0, 0.05) is 35.3 Å². The topological polar surface area (TPSA) is 70.2 Å². The number of rotatable bonds is 7. The number of aromatic amines is 1. The van der Waals surface area contributed by atoms with E-state index in [0.29, 0.717) is 18.8 Å². The molecule has 1 fully saturated rings. The number of ether oxygens (including phenoxy) is 1. The summed E-state index contributed by atoms with van der Waals surface area (Å²) in [6.07, 6.45) is 0.932. The Morgan fingerprint density at radius 1 is 1.20 bits per heavy atom. The Balaban J connectivity index is 1.49. The predicted octanol–water partition coefficient (Wildman–Crippen LogP) is 5.39. The first-order valence-corrected chi connectivity index (χ1v) is 11.8. The van der Waals surface area contributed by atoms with E-state index in [0.717, 1.165) is 35.6 Å². The van der Waals surface area contributed by atoms with E-state index in [4.69, 9.17) is 4.74 Å². The van der Waals surface area contributed by atoms with Crippen molar-refractivity contribution in [1.82, 2.24) is 10.2 Å². The second kappa shape index (κ2) is 10.5. The molecule has 6 nitrogen and oxygen atoms in total. The number of carbonyl (C=O) groups excluding carboxylic acids is 1. The van der Waals surface area contributed by atoms with Crippen molar-refractivity contribution in [2.75, 3.05) is 23.3 Å². The number of allylic oxidation sites excluding steroid dienone is 1. The van der Waals surface area contributed by atoms with Crippen LogP contribution in [0.3, 0.4) is 0 Å². The molecule has 10 heteroatoms. The highest BCUT2D eigenvalue weighted by molar-refractivity contribution is 7.27. The zero-order valence-electron chi connectivity index (χ0n) is 19.2. The van der Waals surface area contributed by atoms with Crippen molar-refractivity contribution in [3.05, 3.63) is 71.1 Å². The average Bonchev–Trinajstić information content (AvgIpc) is 3.51. The Kier molecular flexibility index (Phi) is 7.45. The third-order valence-corrected chi connectivity index (χ3v) is 6.13. The normalized spacial score (nSPS) is 14.0. The summed E-state index contributed by atoms with van der Waals surface area (Å²) in [4.78, 5) is 14.6. The molecule has 2 aromatic carbocycles. The monoisotopic (exact) mass is 502 g/mol. The summed E-state index contributed by atoms with van der Waals surface area (Å²) in [5.41, 5.74) is 1.28. The van der Waals surface area contributed by atoms with Crippen LogP contribution in [0.4, 0.5) is 24.5 Å². The van der Waals surface area contributed by atoms with Crippen molar-refractivity contribution < 1.29 is 22.7 Å². The van der Waals surface area contributed by atoms with Gasteiger partial charge in [-0.15, -0.1) is 9.24 Å². The summed E-state index contributed by atoms with van der Waals surface area (Å²) in [5, 5.41) is 10.4.